The van der Waals surface area contributed by atoms with Crippen LogP contribution in [0.3, 0.4) is 0 Å². The molecule has 5 rings (SSSR count). The minimum Gasteiger partial charge on any atom is -0.371 e. The van der Waals surface area contributed by atoms with Gasteiger partial charge in [-0.15, -0.1) is 5.10 Å². The van der Waals surface area contributed by atoms with Gasteiger partial charge in [0.15, 0.2) is 11.5 Å². The molecule has 36 heavy (non-hydrogen) atoms. The van der Waals surface area contributed by atoms with Crippen LogP contribution in [-0.2, 0) is 16.4 Å². The minimum absolute atomic E-state index is 0.178. The third-order valence-corrected chi connectivity index (χ3v) is 6.90. The van der Waals surface area contributed by atoms with Gasteiger partial charge in [-0.3, -0.25) is 4.39 Å². The van der Waals surface area contributed by atoms with Crippen molar-refractivity contribution in [2.75, 3.05) is 44.1 Å². The summed E-state index contributed by atoms with van der Waals surface area (Å²) in [7, 11) is -1.68. The van der Waals surface area contributed by atoms with Gasteiger partial charge in [-0.1, -0.05) is 0 Å². The third-order valence-electron chi connectivity index (χ3n) is 5.65. The van der Waals surface area contributed by atoms with Crippen LogP contribution in [0.1, 0.15) is 18.5 Å². The monoisotopic (exact) mass is 525 g/mol. The summed E-state index contributed by atoms with van der Waals surface area (Å²) < 4.78 is 63.9. The summed E-state index contributed by atoms with van der Waals surface area (Å²) in [6.07, 6.45) is 4.70. The SMILES string of the molecule is CNc1nc(N)nn2ccc(-c3ccc4ncc(CCF)n4n3)c12.CS(=O)(=O)N1CCCC(F)(F)C1. The number of nitrogen functional groups attached to an aromatic ring is 1. The number of nitrogens with one attached hydrogen (secondary N) is 1. The third kappa shape index (κ3) is 5.36. The molecule has 11 nitrogen and oxygen atoms in total. The molecule has 194 valence electrons. The summed E-state index contributed by atoms with van der Waals surface area (Å²) in [5.41, 5.74) is 9.46. The Morgan fingerprint density at radius 2 is 2.00 bits per heavy atom. The van der Waals surface area contributed by atoms with Crippen LogP contribution in [0.2, 0.25) is 0 Å². The van der Waals surface area contributed by atoms with E-state index in [0.717, 1.165) is 27.3 Å². The van der Waals surface area contributed by atoms with Crippen molar-refractivity contribution < 1.29 is 21.6 Å². The zero-order valence-electron chi connectivity index (χ0n) is 19.7. The van der Waals surface area contributed by atoms with Gasteiger partial charge >= 0.3 is 0 Å². The van der Waals surface area contributed by atoms with Crippen molar-refractivity contribution in [3.8, 4) is 11.3 Å². The molecule has 4 aromatic rings. The molecule has 1 aliphatic rings. The second kappa shape index (κ2) is 9.89. The van der Waals surface area contributed by atoms with E-state index in [9.17, 15) is 21.6 Å². The number of anilines is 2. The highest BCUT2D eigenvalue weighted by Gasteiger charge is 2.38. The maximum atomic E-state index is 12.7. The molecule has 0 bridgehead atoms. The van der Waals surface area contributed by atoms with Gasteiger partial charge in [0, 0.05) is 38.2 Å². The Morgan fingerprint density at radius 3 is 2.64 bits per heavy atom. The highest BCUT2D eigenvalue weighted by atomic mass is 32.2. The Balaban J connectivity index is 0.000000214. The normalized spacial score (nSPS) is 16.1. The molecule has 3 N–H and O–H groups in total. The van der Waals surface area contributed by atoms with Crippen LogP contribution >= 0.6 is 0 Å². The molecule has 0 saturated carbocycles. The first-order chi connectivity index (χ1) is 17.0. The van der Waals surface area contributed by atoms with Crippen molar-refractivity contribution in [3.63, 3.8) is 0 Å². The van der Waals surface area contributed by atoms with Crippen molar-refractivity contribution >= 4 is 33.0 Å². The molecule has 1 aliphatic heterocycles. The van der Waals surface area contributed by atoms with Gasteiger partial charge in [0.1, 0.15) is 5.52 Å². The lowest BCUT2D eigenvalue weighted by molar-refractivity contribution is -0.0432. The number of sulfonamides is 1. The quantitative estimate of drug-likeness (QED) is 0.405. The van der Waals surface area contributed by atoms with Gasteiger partial charge in [-0.05, 0) is 24.6 Å². The summed E-state index contributed by atoms with van der Waals surface area (Å²) in [5.74, 6) is -2.06. The fraction of sp³-hybridized carbons (Fsp3) is 0.429. The molecule has 0 aromatic carbocycles. The fourth-order valence-corrected chi connectivity index (χ4v) is 4.85. The topological polar surface area (TPSA) is 136 Å². The molecule has 5 heterocycles. The first kappa shape index (κ1) is 25.6. The highest BCUT2D eigenvalue weighted by molar-refractivity contribution is 7.88. The average molecular weight is 526 g/mol. The Bertz CT molecular complexity index is 1490. The van der Waals surface area contributed by atoms with Crippen LogP contribution in [0, 0.1) is 0 Å². The zero-order valence-corrected chi connectivity index (χ0v) is 20.5. The first-order valence-electron chi connectivity index (χ1n) is 11.1. The van der Waals surface area contributed by atoms with Crippen LogP contribution in [0.5, 0.6) is 0 Å². The first-order valence-corrected chi connectivity index (χ1v) is 12.9. The van der Waals surface area contributed by atoms with Crippen molar-refractivity contribution in [1.29, 1.82) is 0 Å². The summed E-state index contributed by atoms with van der Waals surface area (Å²) >= 11 is 0. The van der Waals surface area contributed by atoms with Crippen LogP contribution in [0.25, 0.3) is 22.4 Å². The van der Waals surface area contributed by atoms with E-state index in [4.69, 9.17) is 5.73 Å². The van der Waals surface area contributed by atoms with Gasteiger partial charge in [0.05, 0.1) is 37.1 Å². The number of hydrogen-bond acceptors (Lipinski definition) is 8. The van der Waals surface area contributed by atoms with Crippen molar-refractivity contribution in [3.05, 3.63) is 36.3 Å². The number of imidazole rings is 1. The number of nitrogens with zero attached hydrogens (tertiary/aromatic N) is 7. The second-order valence-corrected chi connectivity index (χ2v) is 10.3. The van der Waals surface area contributed by atoms with Crippen molar-refractivity contribution in [2.24, 2.45) is 0 Å². The summed E-state index contributed by atoms with van der Waals surface area (Å²) in [6, 6.07) is 5.61. The number of alkyl halides is 3. The van der Waals surface area contributed by atoms with E-state index in [2.05, 4.69) is 25.5 Å². The Labute approximate surface area is 205 Å². The molecule has 1 fully saturated rings. The van der Waals surface area contributed by atoms with E-state index in [-0.39, 0.29) is 31.8 Å². The highest BCUT2D eigenvalue weighted by Crippen LogP contribution is 2.29. The maximum absolute atomic E-state index is 12.7. The number of aromatic nitrogens is 6. The molecule has 1 saturated heterocycles. The lowest BCUT2D eigenvalue weighted by Crippen LogP contribution is -2.45. The van der Waals surface area contributed by atoms with Crippen molar-refractivity contribution in [2.45, 2.75) is 25.2 Å². The summed E-state index contributed by atoms with van der Waals surface area (Å²) in [4.78, 5) is 8.46. The number of halogens is 3. The van der Waals surface area contributed by atoms with E-state index in [1.54, 1.807) is 28.5 Å². The fourth-order valence-electron chi connectivity index (χ4n) is 3.97. The minimum atomic E-state index is -3.44. The largest absolute Gasteiger partial charge is 0.371 e. The van der Waals surface area contributed by atoms with Crippen LogP contribution in [-0.4, -0.2) is 80.9 Å². The molecule has 15 heteroatoms. The average Bonchev–Trinajstić information content (AvgIpc) is 3.42. The van der Waals surface area contributed by atoms with E-state index in [0.29, 0.717) is 17.2 Å². The summed E-state index contributed by atoms with van der Waals surface area (Å²) in [6.45, 7) is -0.897. The molecule has 0 amide bonds. The van der Waals surface area contributed by atoms with Gasteiger partial charge in [0.25, 0.3) is 5.92 Å². The van der Waals surface area contributed by atoms with Gasteiger partial charge < -0.3 is 11.1 Å². The number of rotatable bonds is 5. The van der Waals surface area contributed by atoms with Gasteiger partial charge in [0.2, 0.25) is 16.0 Å². The molecule has 4 aromatic heterocycles. The molecule has 0 atom stereocenters. The Morgan fingerprint density at radius 1 is 1.22 bits per heavy atom. The molecule has 0 unspecified atom stereocenters. The number of nitrogens with two attached hydrogens (primary N) is 1. The molecular formula is C21H26F3N9O2S. The standard InChI is InChI=1S/C15H15FN8.C6H11F2NO2S/c1-18-14-13-10(5-7-23(13)22-15(17)20-14)11-2-3-12-19-8-9(4-6-16)24(12)21-11;1-12(10,11)9-4-2-3-6(7,8)5-9/h2-3,5,7-8H,4,6H2,1H3,(H3,17,18,20,22);2-5H2,1H3. The lowest BCUT2D eigenvalue weighted by atomic mass is 10.1. The number of piperidine rings is 1. The van der Waals surface area contributed by atoms with E-state index < -0.39 is 29.2 Å². The molecule has 0 radical (unpaired) electrons. The molecular weight excluding hydrogens is 499 g/mol. The molecule has 0 spiro atoms. The van der Waals surface area contributed by atoms with Crippen molar-refractivity contribution in [1.82, 2.24) is 33.5 Å². The van der Waals surface area contributed by atoms with Gasteiger partial charge in [-0.2, -0.15) is 14.4 Å². The maximum Gasteiger partial charge on any atom is 0.261 e. The predicted octanol–water partition coefficient (Wildman–Crippen LogP) is 2.25. The summed E-state index contributed by atoms with van der Waals surface area (Å²) in [5, 5.41) is 11.8. The van der Waals surface area contributed by atoms with E-state index in [1.165, 1.54) is 0 Å². The van der Waals surface area contributed by atoms with Crippen LogP contribution in [0.4, 0.5) is 24.9 Å². The Hall–Kier alpha value is -3.46. The number of fused-ring (bicyclic) bond motifs is 2. The smallest absolute Gasteiger partial charge is 0.261 e. The molecule has 0 aliphatic carbocycles. The van der Waals surface area contributed by atoms with E-state index in [1.807, 2.05) is 18.2 Å². The predicted molar refractivity (Wildman–Crippen MR) is 129 cm³/mol. The van der Waals surface area contributed by atoms with Gasteiger partial charge in [-0.25, -0.2) is 31.2 Å². The zero-order chi connectivity index (χ0) is 26.1. The number of aryl methyl sites for hydroxylation is 1. The lowest BCUT2D eigenvalue weighted by Gasteiger charge is -2.30. The van der Waals surface area contributed by atoms with Crippen LogP contribution in [0.15, 0.2) is 30.6 Å². The van der Waals surface area contributed by atoms with E-state index >= 15 is 0 Å². The Kier molecular flexibility index (Phi) is 7.04. The number of hydrogen-bond donors (Lipinski definition) is 2. The van der Waals surface area contributed by atoms with Crippen LogP contribution < -0.4 is 11.1 Å². The second-order valence-electron chi connectivity index (χ2n) is 8.32.